The van der Waals surface area contributed by atoms with Crippen molar-refractivity contribution >= 4 is 97.8 Å². The van der Waals surface area contributed by atoms with Gasteiger partial charge in [0.1, 0.15) is 0 Å². The number of rotatable bonds is 6. The molecule has 0 nitrogen and oxygen atoms in total. The molecule has 0 saturated heterocycles. The zero-order valence-electron chi connectivity index (χ0n) is 30.5. The summed E-state index contributed by atoms with van der Waals surface area (Å²) in [5, 5.41) is 0. The molecule has 9 rings (SSSR count). The van der Waals surface area contributed by atoms with E-state index in [9.17, 15) is 0 Å². The number of halogens is 12. The predicted molar refractivity (Wildman–Crippen MR) is 217 cm³/mol. The summed E-state index contributed by atoms with van der Waals surface area (Å²) in [6, 6.07) is 19.0. The maximum atomic E-state index is 16.0. The van der Waals surface area contributed by atoms with E-state index in [1.807, 2.05) is 0 Å². The maximum Gasteiger partial charge on any atom is 0.380 e. The molecule has 0 fully saturated rings. The molecule has 2 aliphatic carbocycles. The van der Waals surface area contributed by atoms with E-state index in [2.05, 4.69) is 0 Å². The average Bonchev–Trinajstić information content (AvgIpc) is 4.00. The number of benzene rings is 2. The highest BCUT2D eigenvalue weighted by Crippen LogP contribution is 2.69. The fourth-order valence-electron chi connectivity index (χ4n) is 7.84. The van der Waals surface area contributed by atoms with Crippen molar-refractivity contribution in [2.45, 2.75) is 63.2 Å². The molecule has 0 radical (unpaired) electrons. The Morgan fingerprint density at radius 1 is 0.373 bits per heavy atom. The summed E-state index contributed by atoms with van der Waals surface area (Å²) in [5.74, 6) is -33.2. The summed E-state index contributed by atoms with van der Waals surface area (Å²) in [7, 11) is 0. The van der Waals surface area contributed by atoms with E-state index < -0.39 is 78.7 Å². The van der Waals surface area contributed by atoms with Crippen LogP contribution in [0.5, 0.6) is 0 Å². The number of alkyl halides is 12. The molecule has 306 valence electrons. The first-order valence-electron chi connectivity index (χ1n) is 17.5. The molecule has 0 unspecified atom stereocenters. The van der Waals surface area contributed by atoms with Gasteiger partial charge >= 0.3 is 35.5 Å². The van der Waals surface area contributed by atoms with Crippen molar-refractivity contribution in [1.82, 2.24) is 0 Å². The Morgan fingerprint density at radius 2 is 0.695 bits per heavy atom. The first kappa shape index (κ1) is 40.5. The molecule has 2 aliphatic rings. The second-order valence-electron chi connectivity index (χ2n) is 14.4. The van der Waals surface area contributed by atoms with E-state index in [0.29, 0.717) is 43.6 Å². The van der Waals surface area contributed by atoms with Crippen LogP contribution in [0.1, 0.15) is 41.8 Å². The van der Waals surface area contributed by atoms with Gasteiger partial charge in [0.2, 0.25) is 0 Å². The van der Waals surface area contributed by atoms with Gasteiger partial charge in [0, 0.05) is 40.4 Å². The molecule has 0 bridgehead atoms. The van der Waals surface area contributed by atoms with E-state index >= 15 is 52.7 Å². The van der Waals surface area contributed by atoms with Gasteiger partial charge in [-0.25, -0.2) is 0 Å². The van der Waals surface area contributed by atoms with Crippen molar-refractivity contribution in [2.75, 3.05) is 0 Å². The molecule has 0 atom stereocenters. The first-order valence-corrected chi connectivity index (χ1v) is 21.6. The van der Waals surface area contributed by atoms with Gasteiger partial charge in [-0.3, -0.25) is 0 Å². The summed E-state index contributed by atoms with van der Waals surface area (Å²) in [6.07, 6.45) is 0. The standard InChI is InChI=1S/C42H24F12S5/c1-17-31(29-27(37(43,44)41(51,52)39(29,47)48)23-15-25(55-19(23)3)21-11-7-5-8-12-21)57-35-33(17)59-34-18(2)32(58-36(34)35)30-28(38(45,46)42(53,54)40(30,49)50)24-16-26(56-20(24)4)22-13-9-6-10-14-22/h5-16H,1-4H3. The van der Waals surface area contributed by atoms with E-state index in [4.69, 9.17) is 0 Å². The Morgan fingerprint density at radius 3 is 1.03 bits per heavy atom. The maximum absolute atomic E-state index is 16.0. The summed E-state index contributed by atoms with van der Waals surface area (Å²) < 4.78 is 190. The molecule has 0 N–H and O–H groups in total. The lowest BCUT2D eigenvalue weighted by molar-refractivity contribution is -0.254. The van der Waals surface area contributed by atoms with Crippen LogP contribution in [0, 0.1) is 27.7 Å². The third-order valence-corrected chi connectivity index (χ3v) is 17.5. The zero-order valence-corrected chi connectivity index (χ0v) is 34.6. The molecule has 2 aromatic carbocycles. The van der Waals surface area contributed by atoms with Gasteiger partial charge < -0.3 is 0 Å². The number of aryl methyl sites for hydroxylation is 4. The lowest BCUT2D eigenvalue weighted by atomic mass is 9.97. The van der Waals surface area contributed by atoms with E-state index in [1.165, 1.54) is 39.8 Å². The van der Waals surface area contributed by atoms with Crippen LogP contribution in [0.15, 0.2) is 72.8 Å². The molecule has 59 heavy (non-hydrogen) atoms. The lowest BCUT2D eigenvalue weighted by Crippen LogP contribution is -2.48. The van der Waals surface area contributed by atoms with Crippen LogP contribution in [0.4, 0.5) is 52.7 Å². The minimum absolute atomic E-state index is 0.0464. The molecule has 0 saturated carbocycles. The van der Waals surface area contributed by atoms with Gasteiger partial charge in [-0.05, 0) is 73.2 Å². The number of fused-ring (bicyclic) bond motifs is 3. The Labute approximate surface area is 347 Å². The molecular weight excluding hydrogens is 893 g/mol. The second-order valence-corrected chi connectivity index (χ2v) is 19.9. The topological polar surface area (TPSA) is 0 Å². The van der Waals surface area contributed by atoms with E-state index in [0.717, 1.165) is 34.0 Å². The van der Waals surface area contributed by atoms with Crippen molar-refractivity contribution in [2.24, 2.45) is 0 Å². The predicted octanol–water partition coefficient (Wildman–Crippen LogP) is 16.5. The highest BCUT2D eigenvalue weighted by atomic mass is 32.1. The summed E-state index contributed by atoms with van der Waals surface area (Å²) in [5.41, 5.74) is -6.32. The molecule has 0 spiro atoms. The Hall–Kier alpha value is -3.90. The highest BCUT2D eigenvalue weighted by Gasteiger charge is 2.82. The van der Waals surface area contributed by atoms with E-state index in [-0.39, 0.29) is 39.7 Å². The molecule has 0 amide bonds. The van der Waals surface area contributed by atoms with Crippen LogP contribution in [0.2, 0.25) is 0 Å². The average molecular weight is 917 g/mol. The van der Waals surface area contributed by atoms with Gasteiger partial charge in [0.25, 0.3) is 0 Å². The van der Waals surface area contributed by atoms with Crippen LogP contribution in [0.3, 0.4) is 0 Å². The number of hydrogen-bond donors (Lipinski definition) is 0. The van der Waals surface area contributed by atoms with Crippen molar-refractivity contribution in [3.05, 3.63) is 115 Å². The minimum atomic E-state index is -5.86. The van der Waals surface area contributed by atoms with Crippen LogP contribution in [-0.4, -0.2) is 35.5 Å². The van der Waals surface area contributed by atoms with Gasteiger partial charge in [-0.15, -0.1) is 56.7 Å². The van der Waals surface area contributed by atoms with Gasteiger partial charge in [-0.2, -0.15) is 52.7 Å². The summed E-state index contributed by atoms with van der Waals surface area (Å²) in [6.45, 7) is 5.28. The molecule has 5 heterocycles. The van der Waals surface area contributed by atoms with Crippen molar-refractivity contribution in [3.8, 4) is 20.9 Å². The van der Waals surface area contributed by atoms with Crippen LogP contribution >= 0.6 is 56.7 Å². The van der Waals surface area contributed by atoms with E-state index in [1.54, 1.807) is 60.7 Å². The SMILES string of the molecule is Cc1sc(-c2ccccc2)cc1C1=C(c2sc3c(sc4c(C)c(C5=C(c6cc(-c7ccccc7)sc6C)C(F)(F)C(F)(F)C5(F)F)sc43)c2C)C(F)(F)C(F)(F)C1(F)F. The van der Waals surface area contributed by atoms with Crippen LogP contribution in [-0.2, 0) is 0 Å². The quantitative estimate of drug-likeness (QED) is 0.146. The van der Waals surface area contributed by atoms with Crippen LogP contribution < -0.4 is 0 Å². The fourth-order valence-corrected chi connectivity index (χ4v) is 14.5. The highest BCUT2D eigenvalue weighted by molar-refractivity contribution is 7.39. The smallest absolute Gasteiger partial charge is 0.194 e. The van der Waals surface area contributed by atoms with Gasteiger partial charge in [0.15, 0.2) is 0 Å². The fraction of sp³-hybridized carbons (Fsp3) is 0.238. The molecule has 17 heteroatoms. The number of hydrogen-bond acceptors (Lipinski definition) is 5. The van der Waals surface area contributed by atoms with Crippen molar-refractivity contribution < 1.29 is 52.7 Å². The molecule has 7 aromatic rings. The second kappa shape index (κ2) is 12.8. The zero-order chi connectivity index (χ0) is 42.6. The van der Waals surface area contributed by atoms with Crippen molar-refractivity contribution in [1.29, 1.82) is 0 Å². The third-order valence-electron chi connectivity index (χ3n) is 10.9. The normalized spacial score (nSPS) is 20.2. The minimum Gasteiger partial charge on any atom is -0.194 e. The number of allylic oxidation sites excluding steroid dienone is 4. The summed E-state index contributed by atoms with van der Waals surface area (Å²) >= 11 is 3.64. The summed E-state index contributed by atoms with van der Waals surface area (Å²) in [4.78, 5) is -0.309. The van der Waals surface area contributed by atoms with Crippen LogP contribution in [0.25, 0.3) is 62.0 Å². The molecule has 5 aromatic heterocycles. The molecular formula is C42H24F12S5. The first-order chi connectivity index (χ1) is 27.5. The molecule has 0 aliphatic heterocycles. The Kier molecular flexibility index (Phi) is 8.80. The third kappa shape index (κ3) is 5.20. The lowest BCUT2D eigenvalue weighted by Gasteiger charge is -2.25. The number of thiophene rings is 5. The monoisotopic (exact) mass is 916 g/mol. The van der Waals surface area contributed by atoms with Crippen molar-refractivity contribution in [3.63, 3.8) is 0 Å². The van der Waals surface area contributed by atoms with Gasteiger partial charge in [0.05, 0.1) is 29.9 Å². The Bertz CT molecular complexity index is 2740. The Balaban J connectivity index is 1.27. The largest absolute Gasteiger partial charge is 0.380 e. The van der Waals surface area contributed by atoms with Gasteiger partial charge in [-0.1, -0.05) is 60.7 Å².